The predicted molar refractivity (Wildman–Crippen MR) is 82.7 cm³/mol. The molecule has 22 heavy (non-hydrogen) atoms. The Balaban J connectivity index is 2.05. The van der Waals surface area contributed by atoms with Gasteiger partial charge in [-0.1, -0.05) is 36.4 Å². The van der Waals surface area contributed by atoms with Crippen LogP contribution in [0.25, 0.3) is 11.0 Å². The molecular weight excluding hydrogens is 280 g/mol. The van der Waals surface area contributed by atoms with Crippen molar-refractivity contribution in [2.24, 2.45) is 5.16 Å². The Labute approximate surface area is 126 Å². The van der Waals surface area contributed by atoms with Gasteiger partial charge in [0.25, 0.3) is 11.5 Å². The van der Waals surface area contributed by atoms with E-state index in [0.29, 0.717) is 11.3 Å². The van der Waals surface area contributed by atoms with Gasteiger partial charge in [0.05, 0.1) is 0 Å². The minimum absolute atomic E-state index is 0.121. The maximum atomic E-state index is 12.4. The molecule has 5 heteroatoms. The first-order valence-corrected chi connectivity index (χ1v) is 6.77. The van der Waals surface area contributed by atoms with E-state index in [4.69, 9.17) is 9.62 Å². The number of nitrogens with zero attached hydrogens (tertiary/aromatic N) is 1. The van der Waals surface area contributed by atoms with E-state index in [1.54, 1.807) is 24.3 Å². The highest BCUT2D eigenvalue weighted by Gasteiger charge is 2.13. The Morgan fingerprint density at radius 3 is 2.64 bits per heavy atom. The van der Waals surface area contributed by atoms with Gasteiger partial charge in [0.15, 0.2) is 0 Å². The van der Waals surface area contributed by atoms with Crippen LogP contribution in [0.4, 0.5) is 5.69 Å². The average Bonchev–Trinajstić information content (AvgIpc) is 2.55. The van der Waals surface area contributed by atoms with Crippen molar-refractivity contribution < 1.29 is 14.4 Å². The Kier molecular flexibility index (Phi) is 3.62. The SMILES string of the molecule is Cc1ccccc1NC(=O)c1cc2ccccc2o/c1=N/O. The van der Waals surface area contributed by atoms with E-state index in [-0.39, 0.29) is 11.1 Å². The van der Waals surface area contributed by atoms with Gasteiger partial charge in [-0.2, -0.15) is 0 Å². The summed E-state index contributed by atoms with van der Waals surface area (Å²) in [5, 5.41) is 15.7. The first-order chi connectivity index (χ1) is 10.7. The van der Waals surface area contributed by atoms with E-state index in [0.717, 1.165) is 10.9 Å². The molecule has 1 amide bonds. The van der Waals surface area contributed by atoms with Gasteiger partial charge >= 0.3 is 0 Å². The summed E-state index contributed by atoms with van der Waals surface area (Å²) in [6, 6.07) is 16.3. The zero-order valence-corrected chi connectivity index (χ0v) is 11.9. The van der Waals surface area contributed by atoms with Crippen molar-refractivity contribution in [1.82, 2.24) is 0 Å². The van der Waals surface area contributed by atoms with E-state index < -0.39 is 5.91 Å². The number of benzene rings is 2. The fourth-order valence-corrected chi connectivity index (χ4v) is 2.21. The first-order valence-electron chi connectivity index (χ1n) is 6.77. The summed E-state index contributed by atoms with van der Waals surface area (Å²) in [4.78, 5) is 12.4. The molecule has 3 rings (SSSR count). The lowest BCUT2D eigenvalue weighted by Crippen LogP contribution is -2.22. The Bertz CT molecular complexity index is 913. The number of fused-ring (bicyclic) bond motifs is 1. The molecule has 5 nitrogen and oxygen atoms in total. The van der Waals surface area contributed by atoms with Crippen LogP contribution in [0.1, 0.15) is 15.9 Å². The van der Waals surface area contributed by atoms with Crippen LogP contribution in [0.15, 0.2) is 64.2 Å². The molecule has 0 unspecified atom stereocenters. The van der Waals surface area contributed by atoms with Crippen molar-refractivity contribution in [3.8, 4) is 0 Å². The van der Waals surface area contributed by atoms with Crippen LogP contribution < -0.4 is 10.9 Å². The number of carbonyl (C=O) groups is 1. The molecule has 0 atom stereocenters. The normalized spacial score (nSPS) is 11.6. The predicted octanol–water partition coefficient (Wildman–Crippen LogP) is 3.28. The van der Waals surface area contributed by atoms with E-state index >= 15 is 0 Å². The van der Waals surface area contributed by atoms with Crippen molar-refractivity contribution in [1.29, 1.82) is 0 Å². The number of hydrogen-bond acceptors (Lipinski definition) is 4. The van der Waals surface area contributed by atoms with Crippen LogP contribution in [0.5, 0.6) is 0 Å². The fourth-order valence-electron chi connectivity index (χ4n) is 2.21. The molecule has 0 spiro atoms. The second-order valence-corrected chi connectivity index (χ2v) is 4.87. The molecule has 2 N–H and O–H groups in total. The number of amides is 1. The molecule has 1 aromatic heterocycles. The Morgan fingerprint density at radius 1 is 1.14 bits per heavy atom. The standard InChI is InChI=1S/C17H14N2O3/c1-11-6-2-4-8-14(11)18-16(20)13-10-12-7-3-5-9-15(12)22-17(13)19-21/h2-10,21H,1H3,(H,18,20)/b19-17+. The summed E-state index contributed by atoms with van der Waals surface area (Å²) in [6.07, 6.45) is 0. The average molecular weight is 294 g/mol. The molecule has 3 aromatic rings. The highest BCUT2D eigenvalue weighted by Crippen LogP contribution is 2.16. The van der Waals surface area contributed by atoms with Gasteiger partial charge < -0.3 is 14.9 Å². The van der Waals surface area contributed by atoms with E-state index in [2.05, 4.69) is 10.5 Å². The summed E-state index contributed by atoms with van der Waals surface area (Å²) < 4.78 is 5.45. The van der Waals surface area contributed by atoms with Crippen LogP contribution in [0.3, 0.4) is 0 Å². The first kappa shape index (κ1) is 13.9. The van der Waals surface area contributed by atoms with Crippen molar-refractivity contribution in [3.63, 3.8) is 0 Å². The zero-order chi connectivity index (χ0) is 15.5. The molecule has 0 saturated carbocycles. The number of para-hydroxylation sites is 2. The molecule has 0 aliphatic heterocycles. The number of carbonyl (C=O) groups excluding carboxylic acids is 1. The number of nitrogens with one attached hydrogen (secondary N) is 1. The summed E-state index contributed by atoms with van der Waals surface area (Å²) in [6.45, 7) is 1.90. The van der Waals surface area contributed by atoms with E-state index in [9.17, 15) is 4.79 Å². The number of aryl methyl sites for hydroxylation is 1. The highest BCUT2D eigenvalue weighted by molar-refractivity contribution is 6.05. The van der Waals surface area contributed by atoms with Gasteiger partial charge in [-0.15, -0.1) is 0 Å². The minimum atomic E-state index is -0.392. The summed E-state index contributed by atoms with van der Waals surface area (Å²) in [7, 11) is 0. The Morgan fingerprint density at radius 2 is 1.86 bits per heavy atom. The second kappa shape index (κ2) is 5.73. The maximum Gasteiger partial charge on any atom is 0.268 e. The Hall–Kier alpha value is -3.08. The monoisotopic (exact) mass is 294 g/mol. The number of hydrogen-bond donors (Lipinski definition) is 2. The third kappa shape index (κ3) is 2.56. The lowest BCUT2D eigenvalue weighted by Gasteiger charge is -2.08. The molecule has 1 heterocycles. The van der Waals surface area contributed by atoms with Gasteiger partial charge in [-0.3, -0.25) is 4.79 Å². The molecular formula is C17H14N2O3. The quantitative estimate of drug-likeness (QED) is 0.562. The maximum absolute atomic E-state index is 12.4. The summed E-state index contributed by atoms with van der Waals surface area (Å²) in [5.74, 6) is -0.392. The van der Waals surface area contributed by atoms with E-state index in [1.165, 1.54) is 0 Å². The fraction of sp³-hybridized carbons (Fsp3) is 0.0588. The second-order valence-electron chi connectivity index (χ2n) is 4.87. The highest BCUT2D eigenvalue weighted by atomic mass is 16.5. The van der Waals surface area contributed by atoms with Gasteiger partial charge in [0.1, 0.15) is 11.1 Å². The van der Waals surface area contributed by atoms with Crippen LogP contribution >= 0.6 is 0 Å². The summed E-state index contributed by atoms with van der Waals surface area (Å²) in [5.41, 5.74) is 2.23. The van der Waals surface area contributed by atoms with Crippen LogP contribution in [-0.2, 0) is 0 Å². The van der Waals surface area contributed by atoms with Crippen LogP contribution in [0, 0.1) is 6.92 Å². The topological polar surface area (TPSA) is 74.8 Å². The molecule has 0 aliphatic carbocycles. The zero-order valence-electron chi connectivity index (χ0n) is 11.9. The lowest BCUT2D eigenvalue weighted by molar-refractivity contribution is 0.102. The molecule has 0 radical (unpaired) electrons. The summed E-state index contributed by atoms with van der Waals surface area (Å²) >= 11 is 0. The van der Waals surface area contributed by atoms with Crippen LogP contribution in [-0.4, -0.2) is 11.1 Å². The van der Waals surface area contributed by atoms with Gasteiger partial charge in [-0.25, -0.2) is 0 Å². The van der Waals surface area contributed by atoms with Gasteiger partial charge in [-0.05, 0) is 35.8 Å². The van der Waals surface area contributed by atoms with Crippen molar-refractivity contribution in [3.05, 3.63) is 71.3 Å². The van der Waals surface area contributed by atoms with Gasteiger partial charge in [0.2, 0.25) is 0 Å². The molecule has 0 fully saturated rings. The third-order valence-electron chi connectivity index (χ3n) is 3.38. The molecule has 0 bridgehead atoms. The lowest BCUT2D eigenvalue weighted by atomic mass is 10.1. The van der Waals surface area contributed by atoms with Gasteiger partial charge in [0, 0.05) is 11.1 Å². The van der Waals surface area contributed by atoms with Crippen molar-refractivity contribution >= 4 is 22.6 Å². The largest absolute Gasteiger partial charge is 0.435 e. The third-order valence-corrected chi connectivity index (χ3v) is 3.38. The van der Waals surface area contributed by atoms with Crippen molar-refractivity contribution in [2.75, 3.05) is 5.32 Å². The van der Waals surface area contributed by atoms with Crippen LogP contribution in [0.2, 0.25) is 0 Å². The van der Waals surface area contributed by atoms with E-state index in [1.807, 2.05) is 37.3 Å². The molecule has 110 valence electrons. The molecule has 2 aromatic carbocycles. The number of rotatable bonds is 2. The molecule has 0 saturated heterocycles. The number of anilines is 1. The minimum Gasteiger partial charge on any atom is -0.435 e. The molecule has 0 aliphatic rings. The smallest absolute Gasteiger partial charge is 0.268 e. The van der Waals surface area contributed by atoms with Crippen molar-refractivity contribution in [2.45, 2.75) is 6.92 Å².